The van der Waals surface area contributed by atoms with Gasteiger partial charge in [0.25, 0.3) is 0 Å². The monoisotopic (exact) mass is 328 g/mol. The molecule has 0 saturated heterocycles. The van der Waals surface area contributed by atoms with Crippen LogP contribution in [0.2, 0.25) is 5.28 Å². The topological polar surface area (TPSA) is 120 Å². The maximum atomic E-state index is 11.7. The Kier molecular flexibility index (Phi) is 3.41. The van der Waals surface area contributed by atoms with Gasteiger partial charge < -0.3 is 0 Å². The second kappa shape index (κ2) is 5.11. The molecular formula is C10H9ClN6O3S. The number of nitrogens with zero attached hydrogens (tertiary/aromatic N) is 5. The molecule has 0 atom stereocenters. The lowest BCUT2D eigenvalue weighted by Crippen LogP contribution is -2.16. The zero-order valence-corrected chi connectivity index (χ0v) is 12.3. The van der Waals surface area contributed by atoms with Gasteiger partial charge in [0, 0.05) is 6.04 Å². The standard InChI is InChI=1S/C10H9ClN6O3S/c1-4-6(17(19)20)7(13-8(11)12-4)21-10-15-14-9(18)16(10)5-2-3-5/h5H,2-3H2,1H3,(H,14,18). The van der Waals surface area contributed by atoms with Crippen LogP contribution in [-0.2, 0) is 0 Å². The number of aromatic nitrogens is 5. The van der Waals surface area contributed by atoms with Gasteiger partial charge in [-0.3, -0.25) is 14.7 Å². The lowest BCUT2D eigenvalue weighted by molar-refractivity contribution is -0.389. The van der Waals surface area contributed by atoms with Gasteiger partial charge in [0.15, 0.2) is 10.2 Å². The van der Waals surface area contributed by atoms with Crippen LogP contribution in [0.1, 0.15) is 24.6 Å². The molecule has 11 heteroatoms. The highest BCUT2D eigenvalue weighted by molar-refractivity contribution is 7.99. The summed E-state index contributed by atoms with van der Waals surface area (Å²) in [6, 6.07) is 0.0937. The minimum Gasteiger partial charge on any atom is -0.267 e. The van der Waals surface area contributed by atoms with Crippen molar-refractivity contribution in [2.24, 2.45) is 0 Å². The van der Waals surface area contributed by atoms with Crippen molar-refractivity contribution in [1.29, 1.82) is 0 Å². The van der Waals surface area contributed by atoms with Crippen LogP contribution in [0.4, 0.5) is 5.69 Å². The Morgan fingerprint density at radius 1 is 1.48 bits per heavy atom. The molecule has 2 aromatic rings. The molecule has 0 aromatic carbocycles. The predicted octanol–water partition coefficient (Wildman–Crippen LogP) is 1.72. The van der Waals surface area contributed by atoms with E-state index in [2.05, 4.69) is 20.2 Å². The van der Waals surface area contributed by atoms with E-state index in [1.165, 1.54) is 11.5 Å². The Balaban J connectivity index is 2.06. The molecule has 1 fully saturated rings. The van der Waals surface area contributed by atoms with E-state index in [0.29, 0.717) is 5.16 Å². The van der Waals surface area contributed by atoms with Crippen molar-refractivity contribution in [3.63, 3.8) is 0 Å². The minimum atomic E-state index is -0.569. The zero-order valence-electron chi connectivity index (χ0n) is 10.7. The molecule has 1 saturated carbocycles. The summed E-state index contributed by atoms with van der Waals surface area (Å²) in [6.45, 7) is 1.48. The third-order valence-electron chi connectivity index (χ3n) is 2.95. The molecule has 2 heterocycles. The van der Waals surface area contributed by atoms with Crippen molar-refractivity contribution in [2.45, 2.75) is 36.0 Å². The molecule has 1 aliphatic rings. The molecule has 1 aliphatic carbocycles. The van der Waals surface area contributed by atoms with Crippen molar-refractivity contribution in [2.75, 3.05) is 0 Å². The maximum Gasteiger partial charge on any atom is 0.344 e. The van der Waals surface area contributed by atoms with Crippen molar-refractivity contribution < 1.29 is 4.92 Å². The number of aryl methyl sites for hydroxylation is 1. The largest absolute Gasteiger partial charge is 0.344 e. The first-order valence-corrected chi connectivity index (χ1v) is 7.20. The lowest BCUT2D eigenvalue weighted by Gasteiger charge is -2.05. The highest BCUT2D eigenvalue weighted by atomic mass is 35.5. The number of nitro groups is 1. The van der Waals surface area contributed by atoms with Crippen LogP contribution in [0.3, 0.4) is 0 Å². The van der Waals surface area contributed by atoms with Gasteiger partial charge >= 0.3 is 11.4 Å². The van der Waals surface area contributed by atoms with Gasteiger partial charge in [-0.1, -0.05) is 0 Å². The van der Waals surface area contributed by atoms with E-state index >= 15 is 0 Å². The fourth-order valence-corrected chi connectivity index (χ4v) is 3.20. The van der Waals surface area contributed by atoms with Crippen molar-refractivity contribution in [3.05, 3.63) is 31.6 Å². The molecule has 0 aliphatic heterocycles. The van der Waals surface area contributed by atoms with E-state index in [9.17, 15) is 14.9 Å². The second-order valence-corrected chi connectivity index (χ2v) is 5.80. The lowest BCUT2D eigenvalue weighted by atomic mass is 10.4. The Labute approximate surface area is 126 Å². The number of nitrogens with one attached hydrogen (secondary N) is 1. The molecular weight excluding hydrogens is 320 g/mol. The van der Waals surface area contributed by atoms with Crippen molar-refractivity contribution in [3.8, 4) is 0 Å². The number of H-pyrrole nitrogens is 1. The zero-order chi connectivity index (χ0) is 15.1. The highest BCUT2D eigenvalue weighted by Gasteiger charge is 2.31. The quantitative estimate of drug-likeness (QED) is 0.392. The molecule has 0 amide bonds. The van der Waals surface area contributed by atoms with Crippen molar-refractivity contribution >= 4 is 29.1 Å². The molecule has 21 heavy (non-hydrogen) atoms. The van der Waals surface area contributed by atoms with Gasteiger partial charge in [0.2, 0.25) is 5.28 Å². The van der Waals surface area contributed by atoms with Gasteiger partial charge in [-0.05, 0) is 43.1 Å². The smallest absolute Gasteiger partial charge is 0.267 e. The fraction of sp³-hybridized carbons (Fsp3) is 0.400. The number of halogens is 1. The van der Waals surface area contributed by atoms with Crippen LogP contribution in [0, 0.1) is 17.0 Å². The molecule has 0 radical (unpaired) electrons. The van der Waals surface area contributed by atoms with E-state index < -0.39 is 4.92 Å². The third-order valence-corrected chi connectivity index (χ3v) is 4.07. The van der Waals surface area contributed by atoms with E-state index in [-0.39, 0.29) is 33.4 Å². The molecule has 0 spiro atoms. The molecule has 9 nitrogen and oxygen atoms in total. The van der Waals surface area contributed by atoms with Crippen LogP contribution in [0.5, 0.6) is 0 Å². The SMILES string of the molecule is Cc1nc(Cl)nc(Sc2n[nH]c(=O)n2C2CC2)c1[N+](=O)[O-]. The molecule has 110 valence electrons. The third kappa shape index (κ3) is 2.63. The van der Waals surface area contributed by atoms with Gasteiger partial charge in [0.1, 0.15) is 5.69 Å². The summed E-state index contributed by atoms with van der Waals surface area (Å²) in [5, 5.41) is 17.7. The van der Waals surface area contributed by atoms with Crippen LogP contribution < -0.4 is 5.69 Å². The Bertz CT molecular complexity index is 784. The molecule has 2 aromatic heterocycles. The van der Waals surface area contributed by atoms with Crippen LogP contribution >= 0.6 is 23.4 Å². The predicted molar refractivity (Wildman–Crippen MR) is 73.7 cm³/mol. The Morgan fingerprint density at radius 2 is 2.19 bits per heavy atom. The first kappa shape index (κ1) is 14.0. The average Bonchev–Trinajstić information content (AvgIpc) is 3.13. The minimum absolute atomic E-state index is 0.0680. The first-order chi connectivity index (χ1) is 9.97. The summed E-state index contributed by atoms with van der Waals surface area (Å²) in [6.07, 6.45) is 1.78. The van der Waals surface area contributed by atoms with Crippen LogP contribution in [0.25, 0.3) is 0 Å². The first-order valence-electron chi connectivity index (χ1n) is 6.00. The summed E-state index contributed by atoms with van der Waals surface area (Å²) in [5.41, 5.74) is -0.403. The fourth-order valence-electron chi connectivity index (χ4n) is 1.89. The Hall–Kier alpha value is -1.94. The summed E-state index contributed by atoms with van der Waals surface area (Å²) in [4.78, 5) is 29.9. The molecule has 0 unspecified atom stereocenters. The van der Waals surface area contributed by atoms with Gasteiger partial charge in [-0.2, -0.15) is 0 Å². The molecule has 0 bridgehead atoms. The summed E-state index contributed by atoms with van der Waals surface area (Å²) < 4.78 is 1.49. The number of aromatic amines is 1. The highest BCUT2D eigenvalue weighted by Crippen LogP contribution is 2.39. The summed E-state index contributed by atoms with van der Waals surface area (Å²) >= 11 is 6.69. The average molecular weight is 329 g/mol. The summed E-state index contributed by atoms with van der Waals surface area (Å²) in [5.74, 6) is 0. The van der Waals surface area contributed by atoms with E-state index in [1.807, 2.05) is 0 Å². The Morgan fingerprint density at radius 3 is 2.81 bits per heavy atom. The van der Waals surface area contributed by atoms with E-state index in [1.54, 1.807) is 0 Å². The number of rotatable bonds is 4. The van der Waals surface area contributed by atoms with Crippen LogP contribution in [0.15, 0.2) is 15.0 Å². The van der Waals surface area contributed by atoms with E-state index in [0.717, 1.165) is 24.6 Å². The molecule has 3 rings (SSSR count). The van der Waals surface area contributed by atoms with Gasteiger partial charge in [-0.15, -0.1) is 5.10 Å². The normalized spacial score (nSPS) is 14.4. The van der Waals surface area contributed by atoms with Gasteiger partial charge in [0.05, 0.1) is 4.92 Å². The summed E-state index contributed by atoms with van der Waals surface area (Å²) in [7, 11) is 0. The number of hydrogen-bond acceptors (Lipinski definition) is 7. The van der Waals surface area contributed by atoms with E-state index in [4.69, 9.17) is 11.6 Å². The second-order valence-electron chi connectivity index (χ2n) is 4.50. The van der Waals surface area contributed by atoms with Crippen molar-refractivity contribution in [1.82, 2.24) is 24.7 Å². The van der Waals surface area contributed by atoms with Crippen LogP contribution in [-0.4, -0.2) is 29.7 Å². The van der Waals surface area contributed by atoms with Gasteiger partial charge in [-0.25, -0.2) is 19.9 Å². The maximum absolute atomic E-state index is 11.7. The number of hydrogen-bond donors (Lipinski definition) is 1. The molecule has 1 N–H and O–H groups in total.